The molecule has 1 aromatic carbocycles. The maximum absolute atomic E-state index is 12.1. The smallest absolute Gasteiger partial charge is 0.272 e. The van der Waals surface area contributed by atoms with E-state index in [1.54, 1.807) is 10.9 Å². The summed E-state index contributed by atoms with van der Waals surface area (Å²) in [6.07, 6.45) is 4.11. The van der Waals surface area contributed by atoms with Gasteiger partial charge in [-0.15, -0.1) is 0 Å². The second kappa shape index (κ2) is 6.67. The molecule has 22 heavy (non-hydrogen) atoms. The molecule has 2 aromatic rings. The number of hydrogen-bond acceptors (Lipinski definition) is 5. The lowest BCUT2D eigenvalue weighted by molar-refractivity contribution is -0.387. The molecule has 0 radical (unpaired) electrons. The maximum atomic E-state index is 12.1. The summed E-state index contributed by atoms with van der Waals surface area (Å²) in [6.45, 7) is 2.65. The zero-order valence-electron chi connectivity index (χ0n) is 12.0. The molecule has 9 heteroatoms. The Kier molecular flexibility index (Phi) is 4.88. The van der Waals surface area contributed by atoms with Crippen LogP contribution >= 0.6 is 0 Å². The van der Waals surface area contributed by atoms with Gasteiger partial charge in [0.05, 0.1) is 11.1 Å². The van der Waals surface area contributed by atoms with Crippen LogP contribution in [-0.4, -0.2) is 29.7 Å². The van der Waals surface area contributed by atoms with Crippen LogP contribution in [0.25, 0.3) is 0 Å². The van der Waals surface area contributed by atoms with Crippen molar-refractivity contribution in [2.45, 2.75) is 24.8 Å². The average Bonchev–Trinajstić information content (AvgIpc) is 2.89. The van der Waals surface area contributed by atoms with Crippen molar-refractivity contribution in [1.29, 1.82) is 0 Å². The molecular weight excluding hydrogens is 308 g/mol. The number of para-hydroxylation sites is 1. The summed E-state index contributed by atoms with van der Waals surface area (Å²) in [5, 5.41) is 15.0. The summed E-state index contributed by atoms with van der Waals surface area (Å²) < 4.78 is 28.4. The lowest BCUT2D eigenvalue weighted by Crippen LogP contribution is -2.26. The number of sulfonamides is 1. The Morgan fingerprint density at radius 2 is 2.09 bits per heavy atom. The van der Waals surface area contributed by atoms with Crippen LogP contribution in [0.4, 0.5) is 5.69 Å². The topological polar surface area (TPSA) is 107 Å². The number of aromatic nitrogens is 2. The molecule has 0 saturated carbocycles. The van der Waals surface area contributed by atoms with E-state index in [1.165, 1.54) is 24.3 Å². The minimum Gasteiger partial charge on any atom is -0.272 e. The molecular formula is C13H16N4O4S. The third-order valence-corrected chi connectivity index (χ3v) is 4.48. The van der Waals surface area contributed by atoms with Crippen LogP contribution in [0.1, 0.15) is 12.0 Å². The van der Waals surface area contributed by atoms with Gasteiger partial charge < -0.3 is 0 Å². The van der Waals surface area contributed by atoms with Crippen LogP contribution in [0.15, 0.2) is 41.6 Å². The third-order valence-electron chi connectivity index (χ3n) is 2.97. The SMILES string of the molecule is Cc1cnn(CCCNS(=O)(=O)c2ccccc2[N+](=O)[O-])c1. The van der Waals surface area contributed by atoms with Gasteiger partial charge in [-0.1, -0.05) is 12.1 Å². The van der Waals surface area contributed by atoms with Crippen LogP contribution in [-0.2, 0) is 16.6 Å². The molecule has 0 saturated heterocycles. The van der Waals surface area contributed by atoms with E-state index in [1.807, 2.05) is 13.1 Å². The van der Waals surface area contributed by atoms with Crippen molar-refractivity contribution in [2.24, 2.45) is 0 Å². The van der Waals surface area contributed by atoms with Crippen molar-refractivity contribution < 1.29 is 13.3 Å². The van der Waals surface area contributed by atoms with E-state index in [2.05, 4.69) is 9.82 Å². The Bertz CT molecular complexity index is 770. The second-order valence-corrected chi connectivity index (χ2v) is 6.49. The third kappa shape index (κ3) is 3.89. The fraction of sp³-hybridized carbons (Fsp3) is 0.308. The minimum atomic E-state index is -3.91. The first-order valence-corrected chi connectivity index (χ1v) is 8.10. The predicted molar refractivity (Wildman–Crippen MR) is 79.9 cm³/mol. The van der Waals surface area contributed by atoms with Crippen LogP contribution < -0.4 is 4.72 Å². The molecule has 0 aliphatic rings. The highest BCUT2D eigenvalue weighted by molar-refractivity contribution is 7.89. The second-order valence-electron chi connectivity index (χ2n) is 4.76. The molecule has 0 amide bonds. The van der Waals surface area contributed by atoms with Gasteiger partial charge in [0.2, 0.25) is 10.0 Å². The Labute approximate surface area is 128 Å². The van der Waals surface area contributed by atoms with Crippen molar-refractivity contribution in [2.75, 3.05) is 6.54 Å². The van der Waals surface area contributed by atoms with Crippen LogP contribution in [0.2, 0.25) is 0 Å². The molecule has 0 atom stereocenters. The molecule has 0 aliphatic carbocycles. The van der Waals surface area contributed by atoms with E-state index < -0.39 is 20.6 Å². The number of aryl methyl sites for hydroxylation is 2. The molecule has 2 rings (SSSR count). The minimum absolute atomic E-state index is 0.174. The van der Waals surface area contributed by atoms with E-state index in [-0.39, 0.29) is 11.4 Å². The summed E-state index contributed by atoms with van der Waals surface area (Å²) in [5.41, 5.74) is 0.596. The molecule has 1 aromatic heterocycles. The number of rotatable bonds is 7. The fourth-order valence-corrected chi connectivity index (χ4v) is 3.19. The quantitative estimate of drug-likeness (QED) is 0.471. The number of nitro groups is 1. The maximum Gasteiger partial charge on any atom is 0.289 e. The van der Waals surface area contributed by atoms with Crippen LogP contribution in [0, 0.1) is 17.0 Å². The Hall–Kier alpha value is -2.26. The predicted octanol–water partition coefficient (Wildman–Crippen LogP) is 1.47. The molecule has 0 fully saturated rings. The zero-order chi connectivity index (χ0) is 16.2. The monoisotopic (exact) mass is 324 g/mol. The number of hydrogen-bond donors (Lipinski definition) is 1. The standard InChI is InChI=1S/C13H16N4O4S/c1-11-9-14-16(10-11)8-4-7-15-22(20,21)13-6-3-2-5-12(13)17(18)19/h2-3,5-6,9-10,15H,4,7-8H2,1H3. The molecule has 0 bridgehead atoms. The van der Waals surface area contributed by atoms with Gasteiger partial charge in [0.25, 0.3) is 5.69 Å². The Balaban J connectivity index is 1.98. The first kappa shape index (κ1) is 16.1. The Morgan fingerprint density at radius 1 is 1.36 bits per heavy atom. The van der Waals surface area contributed by atoms with Gasteiger partial charge in [0, 0.05) is 25.4 Å². The van der Waals surface area contributed by atoms with Crippen molar-refractivity contribution in [3.8, 4) is 0 Å². The summed E-state index contributed by atoms with van der Waals surface area (Å²) in [7, 11) is -3.91. The van der Waals surface area contributed by atoms with Gasteiger partial charge in [-0.25, -0.2) is 13.1 Å². The van der Waals surface area contributed by atoms with Gasteiger partial charge in [0.1, 0.15) is 0 Å². The summed E-state index contributed by atoms with van der Waals surface area (Å²) in [5.74, 6) is 0. The van der Waals surface area contributed by atoms with E-state index in [9.17, 15) is 18.5 Å². The lowest BCUT2D eigenvalue weighted by atomic mass is 10.3. The summed E-state index contributed by atoms with van der Waals surface area (Å²) >= 11 is 0. The first-order chi connectivity index (χ1) is 10.4. The molecule has 8 nitrogen and oxygen atoms in total. The van der Waals surface area contributed by atoms with Crippen molar-refractivity contribution in [1.82, 2.24) is 14.5 Å². The van der Waals surface area contributed by atoms with Gasteiger partial charge in [-0.2, -0.15) is 5.10 Å². The van der Waals surface area contributed by atoms with Crippen LogP contribution in [0.5, 0.6) is 0 Å². The van der Waals surface area contributed by atoms with E-state index in [4.69, 9.17) is 0 Å². The number of benzene rings is 1. The molecule has 118 valence electrons. The largest absolute Gasteiger partial charge is 0.289 e. The lowest BCUT2D eigenvalue weighted by Gasteiger charge is -2.07. The number of nitro benzene ring substituents is 1. The molecule has 0 spiro atoms. The van der Waals surface area contributed by atoms with Gasteiger partial charge >= 0.3 is 0 Å². The Morgan fingerprint density at radius 3 is 2.73 bits per heavy atom. The fourth-order valence-electron chi connectivity index (χ4n) is 1.95. The summed E-state index contributed by atoms with van der Waals surface area (Å²) in [4.78, 5) is 9.86. The van der Waals surface area contributed by atoms with Crippen molar-refractivity contribution in [3.05, 3.63) is 52.3 Å². The molecule has 0 unspecified atom stereocenters. The summed E-state index contributed by atoms with van der Waals surface area (Å²) in [6, 6.07) is 5.27. The number of nitrogens with zero attached hydrogens (tertiary/aromatic N) is 3. The van der Waals surface area contributed by atoms with E-state index in [0.29, 0.717) is 13.0 Å². The normalized spacial score (nSPS) is 11.5. The van der Waals surface area contributed by atoms with Crippen molar-refractivity contribution in [3.63, 3.8) is 0 Å². The van der Waals surface area contributed by atoms with E-state index in [0.717, 1.165) is 5.56 Å². The highest BCUT2D eigenvalue weighted by atomic mass is 32.2. The highest BCUT2D eigenvalue weighted by Crippen LogP contribution is 2.22. The van der Waals surface area contributed by atoms with Gasteiger partial charge in [0.15, 0.2) is 4.90 Å². The van der Waals surface area contributed by atoms with E-state index >= 15 is 0 Å². The van der Waals surface area contributed by atoms with Gasteiger partial charge in [-0.05, 0) is 25.0 Å². The first-order valence-electron chi connectivity index (χ1n) is 6.62. The highest BCUT2D eigenvalue weighted by Gasteiger charge is 2.24. The average molecular weight is 324 g/mol. The van der Waals surface area contributed by atoms with Gasteiger partial charge in [-0.3, -0.25) is 14.8 Å². The van der Waals surface area contributed by atoms with Crippen LogP contribution in [0.3, 0.4) is 0 Å². The molecule has 1 N–H and O–H groups in total. The molecule has 0 aliphatic heterocycles. The van der Waals surface area contributed by atoms with Crippen molar-refractivity contribution >= 4 is 15.7 Å². The molecule has 1 heterocycles. The zero-order valence-corrected chi connectivity index (χ0v) is 12.8. The number of nitrogens with one attached hydrogen (secondary N) is 1.